The Morgan fingerprint density at radius 1 is 1.22 bits per heavy atom. The number of hydrogen-bond donors (Lipinski definition) is 0. The van der Waals surface area contributed by atoms with Crippen molar-refractivity contribution in [3.05, 3.63) is 41.7 Å². The van der Waals surface area contributed by atoms with Gasteiger partial charge in [0.1, 0.15) is 0 Å². The minimum absolute atomic E-state index is 0.148. The predicted molar refractivity (Wildman–Crippen MR) is 76.8 cm³/mol. The minimum atomic E-state index is 0.148. The van der Waals surface area contributed by atoms with Crippen molar-refractivity contribution in [1.29, 1.82) is 0 Å². The third-order valence-corrected chi connectivity index (χ3v) is 3.25. The fourth-order valence-corrected chi connectivity index (χ4v) is 2.21. The molecular weight excluding hydrogens is 220 g/mol. The molecule has 2 rings (SSSR count). The number of benzene rings is 1. The SMILES string of the molecule is CCn1cc(-c2ccc(C)cc2C(C)(C)C)cn1. The van der Waals surface area contributed by atoms with Crippen molar-refractivity contribution in [2.75, 3.05) is 0 Å². The van der Waals surface area contributed by atoms with Gasteiger partial charge in [-0.3, -0.25) is 4.68 Å². The van der Waals surface area contributed by atoms with Crippen molar-refractivity contribution >= 4 is 0 Å². The number of aromatic nitrogens is 2. The first-order valence-electron chi connectivity index (χ1n) is 6.56. The zero-order valence-electron chi connectivity index (χ0n) is 12.0. The molecule has 0 spiro atoms. The Hall–Kier alpha value is -1.57. The topological polar surface area (TPSA) is 17.8 Å². The molecule has 2 heteroatoms. The second-order valence-corrected chi connectivity index (χ2v) is 5.88. The molecule has 2 nitrogen and oxygen atoms in total. The van der Waals surface area contributed by atoms with E-state index in [1.54, 1.807) is 0 Å². The highest BCUT2D eigenvalue weighted by atomic mass is 15.3. The van der Waals surface area contributed by atoms with E-state index in [0.717, 1.165) is 6.54 Å². The summed E-state index contributed by atoms with van der Waals surface area (Å²) in [7, 11) is 0. The van der Waals surface area contributed by atoms with Crippen LogP contribution in [-0.4, -0.2) is 9.78 Å². The minimum Gasteiger partial charge on any atom is -0.272 e. The molecule has 0 aliphatic heterocycles. The van der Waals surface area contributed by atoms with Crippen LogP contribution < -0.4 is 0 Å². The Bertz CT molecular complexity index is 544. The van der Waals surface area contributed by atoms with Crippen LogP contribution in [0.5, 0.6) is 0 Å². The van der Waals surface area contributed by atoms with Gasteiger partial charge in [-0.2, -0.15) is 5.10 Å². The van der Waals surface area contributed by atoms with Gasteiger partial charge < -0.3 is 0 Å². The van der Waals surface area contributed by atoms with Crippen LogP contribution in [0.2, 0.25) is 0 Å². The molecule has 0 saturated heterocycles. The summed E-state index contributed by atoms with van der Waals surface area (Å²) in [5.41, 5.74) is 5.36. The van der Waals surface area contributed by atoms with Crippen molar-refractivity contribution < 1.29 is 0 Å². The van der Waals surface area contributed by atoms with E-state index in [1.807, 2.05) is 10.9 Å². The van der Waals surface area contributed by atoms with Gasteiger partial charge in [0, 0.05) is 18.3 Å². The Balaban J connectivity index is 2.56. The number of nitrogens with zero attached hydrogens (tertiary/aromatic N) is 2. The lowest BCUT2D eigenvalue weighted by atomic mass is 9.81. The van der Waals surface area contributed by atoms with Crippen LogP contribution in [0.25, 0.3) is 11.1 Å². The lowest BCUT2D eigenvalue weighted by molar-refractivity contribution is 0.591. The summed E-state index contributed by atoms with van der Waals surface area (Å²) in [6, 6.07) is 6.68. The second kappa shape index (κ2) is 4.60. The lowest BCUT2D eigenvalue weighted by Crippen LogP contribution is -2.13. The first kappa shape index (κ1) is 12.9. The van der Waals surface area contributed by atoms with Gasteiger partial charge in [0.25, 0.3) is 0 Å². The molecule has 0 bridgehead atoms. The number of hydrogen-bond acceptors (Lipinski definition) is 1. The van der Waals surface area contributed by atoms with Gasteiger partial charge in [0.05, 0.1) is 6.20 Å². The van der Waals surface area contributed by atoms with Crippen molar-refractivity contribution in [3.63, 3.8) is 0 Å². The monoisotopic (exact) mass is 242 g/mol. The van der Waals surface area contributed by atoms with E-state index in [1.165, 1.54) is 22.3 Å². The van der Waals surface area contributed by atoms with Crippen LogP contribution >= 0.6 is 0 Å². The molecule has 2 aromatic rings. The van der Waals surface area contributed by atoms with Gasteiger partial charge in [-0.25, -0.2) is 0 Å². The van der Waals surface area contributed by atoms with Crippen LogP contribution in [0.1, 0.15) is 38.8 Å². The van der Waals surface area contributed by atoms with Crippen molar-refractivity contribution in [2.24, 2.45) is 0 Å². The van der Waals surface area contributed by atoms with E-state index >= 15 is 0 Å². The van der Waals surface area contributed by atoms with E-state index in [2.05, 4.69) is 64.1 Å². The summed E-state index contributed by atoms with van der Waals surface area (Å²) in [6.45, 7) is 11.9. The van der Waals surface area contributed by atoms with Crippen molar-refractivity contribution in [3.8, 4) is 11.1 Å². The highest BCUT2D eigenvalue weighted by Gasteiger charge is 2.19. The second-order valence-electron chi connectivity index (χ2n) is 5.88. The molecule has 0 N–H and O–H groups in total. The average molecular weight is 242 g/mol. The Morgan fingerprint density at radius 3 is 2.50 bits per heavy atom. The molecule has 96 valence electrons. The fraction of sp³-hybridized carbons (Fsp3) is 0.438. The molecule has 0 saturated carbocycles. The standard InChI is InChI=1S/C16H22N2/c1-6-18-11-13(10-17-18)14-8-7-12(2)9-15(14)16(3,4)5/h7-11H,6H2,1-5H3. The van der Waals surface area contributed by atoms with E-state index < -0.39 is 0 Å². The van der Waals surface area contributed by atoms with Crippen LogP contribution in [0.15, 0.2) is 30.6 Å². The van der Waals surface area contributed by atoms with E-state index in [9.17, 15) is 0 Å². The highest BCUT2D eigenvalue weighted by Crippen LogP contribution is 2.33. The Kier molecular flexibility index (Phi) is 3.29. The maximum Gasteiger partial charge on any atom is 0.0568 e. The third-order valence-electron chi connectivity index (χ3n) is 3.25. The maximum absolute atomic E-state index is 4.37. The zero-order chi connectivity index (χ0) is 13.3. The van der Waals surface area contributed by atoms with Gasteiger partial charge >= 0.3 is 0 Å². The smallest absolute Gasteiger partial charge is 0.0568 e. The van der Waals surface area contributed by atoms with Gasteiger partial charge in [-0.15, -0.1) is 0 Å². The Morgan fingerprint density at radius 2 is 1.94 bits per heavy atom. The molecule has 0 atom stereocenters. The molecule has 1 aromatic heterocycles. The molecular formula is C16H22N2. The van der Waals surface area contributed by atoms with Crippen LogP contribution in [0.3, 0.4) is 0 Å². The van der Waals surface area contributed by atoms with Crippen LogP contribution in [0.4, 0.5) is 0 Å². The molecule has 1 heterocycles. The summed E-state index contributed by atoms with van der Waals surface area (Å²) in [4.78, 5) is 0. The largest absolute Gasteiger partial charge is 0.272 e. The molecule has 18 heavy (non-hydrogen) atoms. The van der Waals surface area contributed by atoms with Crippen LogP contribution in [-0.2, 0) is 12.0 Å². The fourth-order valence-electron chi connectivity index (χ4n) is 2.21. The quantitative estimate of drug-likeness (QED) is 0.772. The highest BCUT2D eigenvalue weighted by molar-refractivity contribution is 5.68. The van der Waals surface area contributed by atoms with Gasteiger partial charge in [-0.05, 0) is 30.4 Å². The first-order chi connectivity index (χ1) is 8.41. The summed E-state index contributed by atoms with van der Waals surface area (Å²) in [5.74, 6) is 0. The zero-order valence-corrected chi connectivity index (χ0v) is 12.0. The van der Waals surface area contributed by atoms with Crippen molar-refractivity contribution in [2.45, 2.75) is 46.6 Å². The normalized spacial score (nSPS) is 11.8. The molecule has 0 aliphatic rings. The van der Waals surface area contributed by atoms with Gasteiger partial charge in [0.15, 0.2) is 0 Å². The summed E-state index contributed by atoms with van der Waals surface area (Å²) in [6.07, 6.45) is 4.09. The van der Waals surface area contributed by atoms with Gasteiger partial charge in [0.2, 0.25) is 0 Å². The van der Waals surface area contributed by atoms with Gasteiger partial charge in [-0.1, -0.05) is 44.5 Å². The number of aryl methyl sites for hydroxylation is 2. The van der Waals surface area contributed by atoms with E-state index in [4.69, 9.17) is 0 Å². The molecule has 0 amide bonds. The molecule has 0 unspecified atom stereocenters. The first-order valence-corrected chi connectivity index (χ1v) is 6.56. The summed E-state index contributed by atoms with van der Waals surface area (Å²) < 4.78 is 1.97. The predicted octanol–water partition coefficient (Wildman–Crippen LogP) is 4.18. The average Bonchev–Trinajstić information content (AvgIpc) is 2.76. The van der Waals surface area contributed by atoms with E-state index in [0.29, 0.717) is 0 Å². The van der Waals surface area contributed by atoms with Crippen LogP contribution in [0, 0.1) is 6.92 Å². The summed E-state index contributed by atoms with van der Waals surface area (Å²) in [5, 5.41) is 4.37. The molecule has 0 radical (unpaired) electrons. The third kappa shape index (κ3) is 2.47. The maximum atomic E-state index is 4.37. The molecule has 0 fully saturated rings. The van der Waals surface area contributed by atoms with Crippen molar-refractivity contribution in [1.82, 2.24) is 9.78 Å². The lowest BCUT2D eigenvalue weighted by Gasteiger charge is -2.23. The molecule has 0 aliphatic carbocycles. The number of rotatable bonds is 2. The molecule has 1 aromatic carbocycles. The Labute approximate surface area is 110 Å². The summed E-state index contributed by atoms with van der Waals surface area (Å²) >= 11 is 0. The van der Waals surface area contributed by atoms with E-state index in [-0.39, 0.29) is 5.41 Å².